The molecule has 90 valence electrons. The van der Waals surface area contributed by atoms with Gasteiger partial charge >= 0.3 is 0 Å². The summed E-state index contributed by atoms with van der Waals surface area (Å²) in [7, 11) is 0. The number of aliphatic hydroxyl groups is 1. The molecule has 0 atom stereocenters. The topological polar surface area (TPSA) is 32.3 Å². The SMILES string of the molecule is CC(C)(C)c1ccc(NCCCCO)cc1. The number of hydrogen-bond acceptors (Lipinski definition) is 2. The second-order valence-corrected chi connectivity index (χ2v) is 5.18. The maximum atomic E-state index is 8.66. The maximum absolute atomic E-state index is 8.66. The molecule has 0 saturated carbocycles. The first-order valence-electron chi connectivity index (χ1n) is 5.99. The molecule has 0 radical (unpaired) electrons. The molecule has 2 nitrogen and oxygen atoms in total. The molecule has 0 unspecified atom stereocenters. The minimum atomic E-state index is 0.218. The Kier molecular flexibility index (Phi) is 4.81. The van der Waals surface area contributed by atoms with E-state index in [9.17, 15) is 0 Å². The van der Waals surface area contributed by atoms with E-state index in [1.165, 1.54) is 5.56 Å². The molecule has 2 heteroatoms. The van der Waals surface area contributed by atoms with Gasteiger partial charge in [0.1, 0.15) is 0 Å². The van der Waals surface area contributed by atoms with Gasteiger partial charge in [-0.2, -0.15) is 0 Å². The minimum Gasteiger partial charge on any atom is -0.396 e. The van der Waals surface area contributed by atoms with Gasteiger partial charge in [-0.1, -0.05) is 32.9 Å². The van der Waals surface area contributed by atoms with Crippen LogP contribution in [0.5, 0.6) is 0 Å². The first-order valence-corrected chi connectivity index (χ1v) is 5.99. The van der Waals surface area contributed by atoms with Crippen LogP contribution < -0.4 is 5.32 Å². The van der Waals surface area contributed by atoms with Gasteiger partial charge in [0.05, 0.1) is 0 Å². The highest BCUT2D eigenvalue weighted by atomic mass is 16.2. The van der Waals surface area contributed by atoms with Crippen LogP contribution in [0.3, 0.4) is 0 Å². The molecule has 0 aromatic heterocycles. The van der Waals surface area contributed by atoms with Gasteiger partial charge in [0.25, 0.3) is 0 Å². The molecular weight excluding hydrogens is 198 g/mol. The Morgan fingerprint density at radius 2 is 1.69 bits per heavy atom. The van der Waals surface area contributed by atoms with Crippen molar-refractivity contribution in [2.75, 3.05) is 18.5 Å². The zero-order valence-corrected chi connectivity index (χ0v) is 10.6. The molecule has 0 aliphatic carbocycles. The van der Waals surface area contributed by atoms with Crippen molar-refractivity contribution < 1.29 is 5.11 Å². The van der Waals surface area contributed by atoms with Gasteiger partial charge < -0.3 is 10.4 Å². The predicted molar refractivity (Wildman–Crippen MR) is 70.0 cm³/mol. The van der Waals surface area contributed by atoms with Crippen LogP contribution in [0, 0.1) is 0 Å². The predicted octanol–water partition coefficient (Wildman–Crippen LogP) is 3.17. The number of rotatable bonds is 5. The van der Waals surface area contributed by atoms with Crippen LogP contribution in [0.4, 0.5) is 5.69 Å². The molecule has 0 aliphatic heterocycles. The summed E-state index contributed by atoms with van der Waals surface area (Å²) >= 11 is 0. The lowest BCUT2D eigenvalue weighted by molar-refractivity contribution is 0.286. The third kappa shape index (κ3) is 4.23. The third-order valence-corrected chi connectivity index (χ3v) is 2.66. The van der Waals surface area contributed by atoms with Gasteiger partial charge in [-0.05, 0) is 36.0 Å². The van der Waals surface area contributed by atoms with E-state index in [2.05, 4.69) is 50.4 Å². The van der Waals surface area contributed by atoms with Gasteiger partial charge in [-0.15, -0.1) is 0 Å². The van der Waals surface area contributed by atoms with Gasteiger partial charge in [0.15, 0.2) is 0 Å². The largest absolute Gasteiger partial charge is 0.396 e. The van der Waals surface area contributed by atoms with Crippen molar-refractivity contribution >= 4 is 5.69 Å². The quantitative estimate of drug-likeness (QED) is 0.749. The summed E-state index contributed by atoms with van der Waals surface area (Å²) < 4.78 is 0. The normalized spacial score (nSPS) is 11.5. The van der Waals surface area contributed by atoms with Crippen LogP contribution in [-0.2, 0) is 5.41 Å². The Morgan fingerprint density at radius 3 is 2.19 bits per heavy atom. The van der Waals surface area contributed by atoms with Gasteiger partial charge in [0, 0.05) is 18.8 Å². The molecule has 1 aromatic rings. The lowest BCUT2D eigenvalue weighted by Gasteiger charge is -2.19. The van der Waals surface area contributed by atoms with Crippen LogP contribution in [0.1, 0.15) is 39.2 Å². The van der Waals surface area contributed by atoms with E-state index in [-0.39, 0.29) is 12.0 Å². The smallest absolute Gasteiger partial charge is 0.0431 e. The molecule has 0 amide bonds. The number of nitrogens with one attached hydrogen (secondary N) is 1. The molecule has 0 aliphatic rings. The van der Waals surface area contributed by atoms with E-state index in [4.69, 9.17) is 5.11 Å². The standard InChI is InChI=1S/C14H23NO/c1-14(2,3)12-6-8-13(9-7-12)15-10-4-5-11-16/h6-9,15-16H,4-5,10-11H2,1-3H3. The van der Waals surface area contributed by atoms with Crippen LogP contribution in [0.2, 0.25) is 0 Å². The number of benzene rings is 1. The summed E-state index contributed by atoms with van der Waals surface area (Å²) in [5, 5.41) is 12.0. The molecule has 0 saturated heterocycles. The molecule has 0 bridgehead atoms. The fraction of sp³-hybridized carbons (Fsp3) is 0.571. The number of anilines is 1. The van der Waals surface area contributed by atoms with Crippen LogP contribution >= 0.6 is 0 Å². The Hall–Kier alpha value is -1.02. The van der Waals surface area contributed by atoms with Gasteiger partial charge in [-0.3, -0.25) is 0 Å². The highest BCUT2D eigenvalue weighted by Gasteiger charge is 2.12. The first kappa shape index (κ1) is 13.0. The van der Waals surface area contributed by atoms with E-state index in [0.717, 1.165) is 25.1 Å². The Bertz CT molecular complexity index is 298. The van der Waals surface area contributed by atoms with E-state index in [1.54, 1.807) is 0 Å². The zero-order valence-electron chi connectivity index (χ0n) is 10.6. The lowest BCUT2D eigenvalue weighted by Crippen LogP contribution is -2.11. The maximum Gasteiger partial charge on any atom is 0.0431 e. The summed E-state index contributed by atoms with van der Waals surface area (Å²) in [5.74, 6) is 0. The molecule has 0 spiro atoms. The summed E-state index contributed by atoms with van der Waals surface area (Å²) in [6.07, 6.45) is 1.88. The van der Waals surface area contributed by atoms with Crippen LogP contribution in [0.15, 0.2) is 24.3 Å². The van der Waals surface area contributed by atoms with Crippen molar-refractivity contribution in [2.45, 2.75) is 39.0 Å². The van der Waals surface area contributed by atoms with Crippen molar-refractivity contribution in [1.82, 2.24) is 0 Å². The van der Waals surface area contributed by atoms with Crippen LogP contribution in [0.25, 0.3) is 0 Å². The molecule has 0 fully saturated rings. The van der Waals surface area contributed by atoms with Crippen molar-refractivity contribution in [3.05, 3.63) is 29.8 Å². The van der Waals surface area contributed by atoms with Crippen molar-refractivity contribution in [1.29, 1.82) is 0 Å². The molecular formula is C14H23NO. The van der Waals surface area contributed by atoms with Crippen molar-refractivity contribution in [2.24, 2.45) is 0 Å². The second-order valence-electron chi connectivity index (χ2n) is 5.18. The molecule has 1 aromatic carbocycles. The zero-order chi connectivity index (χ0) is 12.0. The average Bonchev–Trinajstić information content (AvgIpc) is 2.24. The van der Waals surface area contributed by atoms with Gasteiger partial charge in [0.2, 0.25) is 0 Å². The van der Waals surface area contributed by atoms with E-state index in [0.29, 0.717) is 0 Å². The van der Waals surface area contributed by atoms with E-state index >= 15 is 0 Å². The molecule has 1 rings (SSSR count). The summed E-state index contributed by atoms with van der Waals surface area (Å²) in [4.78, 5) is 0. The molecule has 2 N–H and O–H groups in total. The monoisotopic (exact) mass is 221 g/mol. The lowest BCUT2D eigenvalue weighted by atomic mass is 9.87. The van der Waals surface area contributed by atoms with Crippen molar-refractivity contribution in [3.8, 4) is 0 Å². The minimum absolute atomic E-state index is 0.218. The number of hydrogen-bond donors (Lipinski definition) is 2. The molecule has 16 heavy (non-hydrogen) atoms. The van der Waals surface area contributed by atoms with Crippen LogP contribution in [-0.4, -0.2) is 18.3 Å². The Balaban J connectivity index is 2.46. The first-order chi connectivity index (χ1) is 7.54. The summed E-state index contributed by atoms with van der Waals surface area (Å²) in [5.41, 5.74) is 2.73. The fourth-order valence-corrected chi connectivity index (χ4v) is 1.56. The Morgan fingerprint density at radius 1 is 1.06 bits per heavy atom. The van der Waals surface area contributed by atoms with E-state index < -0.39 is 0 Å². The molecule has 0 heterocycles. The van der Waals surface area contributed by atoms with Crippen molar-refractivity contribution in [3.63, 3.8) is 0 Å². The number of unbranched alkanes of at least 4 members (excludes halogenated alkanes) is 1. The Labute approximate surface area is 98.7 Å². The second kappa shape index (κ2) is 5.90. The third-order valence-electron chi connectivity index (χ3n) is 2.66. The van der Waals surface area contributed by atoms with E-state index in [1.807, 2.05) is 0 Å². The highest BCUT2D eigenvalue weighted by molar-refractivity contribution is 5.45. The number of aliphatic hydroxyl groups excluding tert-OH is 1. The average molecular weight is 221 g/mol. The summed E-state index contributed by atoms with van der Waals surface area (Å²) in [6, 6.07) is 8.60. The fourth-order valence-electron chi connectivity index (χ4n) is 1.56. The highest BCUT2D eigenvalue weighted by Crippen LogP contribution is 2.23. The van der Waals surface area contributed by atoms with Gasteiger partial charge in [-0.25, -0.2) is 0 Å². The summed E-state index contributed by atoms with van der Waals surface area (Å²) in [6.45, 7) is 7.87.